The molecule has 6 heteroatoms. The first kappa shape index (κ1) is 12.9. The molecule has 2 rings (SSSR count). The Morgan fingerprint density at radius 2 is 2.22 bits per heavy atom. The molecule has 0 saturated carbocycles. The maximum absolute atomic E-state index is 5.46. The number of nitrogens with zero attached hydrogens (tertiary/aromatic N) is 2. The Kier molecular flexibility index (Phi) is 4.60. The summed E-state index contributed by atoms with van der Waals surface area (Å²) in [4.78, 5) is 1.19. The SMILES string of the molecule is CCNCc1nnc(Nc2cccc(SC)c2)o1. The molecule has 0 spiro atoms. The van der Waals surface area contributed by atoms with Crippen LogP contribution in [-0.4, -0.2) is 23.0 Å². The van der Waals surface area contributed by atoms with Crippen molar-refractivity contribution in [1.82, 2.24) is 15.5 Å². The second-order valence-electron chi connectivity index (χ2n) is 3.64. The highest BCUT2D eigenvalue weighted by atomic mass is 32.2. The molecule has 1 aromatic heterocycles. The third-order valence-electron chi connectivity index (χ3n) is 2.31. The first-order chi connectivity index (χ1) is 8.81. The highest BCUT2D eigenvalue weighted by molar-refractivity contribution is 7.98. The minimum Gasteiger partial charge on any atom is -0.406 e. The van der Waals surface area contributed by atoms with Crippen molar-refractivity contribution in [2.24, 2.45) is 0 Å². The average Bonchev–Trinajstić information content (AvgIpc) is 2.84. The summed E-state index contributed by atoms with van der Waals surface area (Å²) in [7, 11) is 0. The number of hydrogen-bond acceptors (Lipinski definition) is 6. The molecule has 0 unspecified atom stereocenters. The van der Waals surface area contributed by atoms with E-state index in [1.807, 2.05) is 31.4 Å². The summed E-state index contributed by atoms with van der Waals surface area (Å²) in [6.07, 6.45) is 2.04. The normalized spacial score (nSPS) is 10.6. The summed E-state index contributed by atoms with van der Waals surface area (Å²) in [6.45, 7) is 3.50. The van der Waals surface area contributed by atoms with Crippen molar-refractivity contribution in [3.8, 4) is 0 Å². The van der Waals surface area contributed by atoms with Crippen molar-refractivity contribution in [1.29, 1.82) is 0 Å². The van der Waals surface area contributed by atoms with Gasteiger partial charge in [-0.25, -0.2) is 0 Å². The zero-order valence-electron chi connectivity index (χ0n) is 10.4. The van der Waals surface area contributed by atoms with Crippen LogP contribution in [0.1, 0.15) is 12.8 Å². The van der Waals surface area contributed by atoms with Crippen molar-refractivity contribution in [2.45, 2.75) is 18.4 Å². The molecule has 2 aromatic rings. The Hall–Kier alpha value is -1.53. The molecule has 1 heterocycles. The van der Waals surface area contributed by atoms with Gasteiger partial charge < -0.3 is 15.1 Å². The molecule has 0 saturated heterocycles. The predicted molar refractivity (Wildman–Crippen MR) is 73.2 cm³/mol. The molecule has 0 fully saturated rings. The fraction of sp³-hybridized carbons (Fsp3) is 0.333. The quantitative estimate of drug-likeness (QED) is 0.782. The monoisotopic (exact) mass is 264 g/mol. The highest BCUT2D eigenvalue weighted by Gasteiger charge is 2.05. The molecule has 1 aromatic carbocycles. The van der Waals surface area contributed by atoms with Crippen LogP contribution in [0, 0.1) is 0 Å². The van der Waals surface area contributed by atoms with Crippen LogP contribution in [0.4, 0.5) is 11.7 Å². The molecule has 0 atom stereocenters. The Morgan fingerprint density at radius 1 is 1.33 bits per heavy atom. The third kappa shape index (κ3) is 3.48. The zero-order chi connectivity index (χ0) is 12.8. The average molecular weight is 264 g/mol. The van der Waals surface area contributed by atoms with Gasteiger partial charge in [0, 0.05) is 10.6 Å². The molecule has 0 amide bonds. The lowest BCUT2D eigenvalue weighted by Crippen LogP contribution is -2.11. The molecule has 0 aliphatic heterocycles. The summed E-state index contributed by atoms with van der Waals surface area (Å²) in [6, 6.07) is 8.47. The van der Waals surface area contributed by atoms with Crippen molar-refractivity contribution >= 4 is 23.5 Å². The van der Waals surface area contributed by atoms with Crippen LogP contribution in [-0.2, 0) is 6.54 Å². The molecule has 0 radical (unpaired) electrons. The Bertz CT molecular complexity index is 500. The summed E-state index contributed by atoms with van der Waals surface area (Å²) < 4.78 is 5.46. The van der Waals surface area contributed by atoms with Crippen molar-refractivity contribution in [3.63, 3.8) is 0 Å². The molecular formula is C12H16N4OS. The smallest absolute Gasteiger partial charge is 0.320 e. The number of hydrogen-bond donors (Lipinski definition) is 2. The van der Waals surface area contributed by atoms with E-state index < -0.39 is 0 Å². The maximum Gasteiger partial charge on any atom is 0.320 e. The van der Waals surface area contributed by atoms with Gasteiger partial charge in [-0.15, -0.1) is 16.9 Å². The Balaban J connectivity index is 2.01. The third-order valence-corrected chi connectivity index (χ3v) is 3.04. The number of rotatable bonds is 6. The van der Waals surface area contributed by atoms with E-state index in [-0.39, 0.29) is 0 Å². The van der Waals surface area contributed by atoms with E-state index in [9.17, 15) is 0 Å². The zero-order valence-corrected chi connectivity index (χ0v) is 11.3. The first-order valence-corrected chi connectivity index (χ1v) is 6.98. The van der Waals surface area contributed by atoms with Crippen molar-refractivity contribution in [2.75, 3.05) is 18.1 Å². The van der Waals surface area contributed by atoms with E-state index in [1.54, 1.807) is 11.8 Å². The maximum atomic E-state index is 5.46. The molecule has 0 aliphatic carbocycles. The topological polar surface area (TPSA) is 63.0 Å². The largest absolute Gasteiger partial charge is 0.406 e. The lowest BCUT2D eigenvalue weighted by atomic mass is 10.3. The van der Waals surface area contributed by atoms with Gasteiger partial charge in [0.15, 0.2) is 0 Å². The lowest BCUT2D eigenvalue weighted by molar-refractivity contribution is 0.484. The molecule has 18 heavy (non-hydrogen) atoms. The minimum absolute atomic E-state index is 0.418. The van der Waals surface area contributed by atoms with Gasteiger partial charge in [-0.2, -0.15) is 0 Å². The number of anilines is 2. The van der Waals surface area contributed by atoms with Gasteiger partial charge in [0.1, 0.15) is 0 Å². The van der Waals surface area contributed by atoms with Gasteiger partial charge in [-0.1, -0.05) is 18.1 Å². The van der Waals surface area contributed by atoms with Crippen LogP contribution < -0.4 is 10.6 Å². The second-order valence-corrected chi connectivity index (χ2v) is 4.52. The fourth-order valence-electron chi connectivity index (χ4n) is 1.43. The van der Waals surface area contributed by atoms with E-state index in [1.165, 1.54) is 4.90 Å². The van der Waals surface area contributed by atoms with Crippen LogP contribution >= 0.6 is 11.8 Å². The van der Waals surface area contributed by atoms with Crippen LogP contribution in [0.25, 0.3) is 0 Å². The van der Waals surface area contributed by atoms with Crippen LogP contribution in [0.5, 0.6) is 0 Å². The van der Waals surface area contributed by atoms with Crippen LogP contribution in [0.3, 0.4) is 0 Å². The second kappa shape index (κ2) is 6.42. The molecule has 5 nitrogen and oxygen atoms in total. The minimum atomic E-state index is 0.418. The van der Waals surface area contributed by atoms with E-state index in [4.69, 9.17) is 4.42 Å². The van der Waals surface area contributed by atoms with Gasteiger partial charge in [-0.3, -0.25) is 0 Å². The number of aromatic nitrogens is 2. The molecular weight excluding hydrogens is 248 g/mol. The summed E-state index contributed by atoms with van der Waals surface area (Å²) in [5.74, 6) is 0.584. The standard InChI is InChI=1S/C12H16N4OS/c1-3-13-8-11-15-16-12(17-11)14-9-5-4-6-10(7-9)18-2/h4-7,13H,3,8H2,1-2H3,(H,14,16). The van der Waals surface area contributed by atoms with Crippen molar-refractivity contribution in [3.05, 3.63) is 30.2 Å². The molecule has 2 N–H and O–H groups in total. The predicted octanol–water partition coefficient (Wildman–Crippen LogP) is 2.64. The van der Waals surface area contributed by atoms with Crippen molar-refractivity contribution < 1.29 is 4.42 Å². The molecule has 0 bridgehead atoms. The summed E-state index contributed by atoms with van der Waals surface area (Å²) >= 11 is 1.69. The van der Waals surface area contributed by atoms with Crippen LogP contribution in [0.2, 0.25) is 0 Å². The lowest BCUT2D eigenvalue weighted by Gasteiger charge is -2.02. The molecule has 96 valence electrons. The van der Waals surface area contributed by atoms with Gasteiger partial charge in [0.05, 0.1) is 6.54 Å². The van der Waals surface area contributed by atoms with E-state index in [0.717, 1.165) is 12.2 Å². The first-order valence-electron chi connectivity index (χ1n) is 5.76. The van der Waals surface area contributed by atoms with Gasteiger partial charge in [-0.05, 0) is 31.0 Å². The highest BCUT2D eigenvalue weighted by Crippen LogP contribution is 2.21. The van der Waals surface area contributed by atoms with Crippen LogP contribution in [0.15, 0.2) is 33.6 Å². The Labute approximate surface area is 110 Å². The number of benzene rings is 1. The van der Waals surface area contributed by atoms with E-state index >= 15 is 0 Å². The van der Waals surface area contributed by atoms with E-state index in [0.29, 0.717) is 18.5 Å². The van der Waals surface area contributed by atoms with Gasteiger partial charge in [0.2, 0.25) is 5.89 Å². The van der Waals surface area contributed by atoms with Gasteiger partial charge >= 0.3 is 6.01 Å². The summed E-state index contributed by atoms with van der Waals surface area (Å²) in [5, 5.41) is 14.1. The Morgan fingerprint density at radius 3 is 3.00 bits per heavy atom. The van der Waals surface area contributed by atoms with Gasteiger partial charge in [0.25, 0.3) is 0 Å². The molecule has 0 aliphatic rings. The number of nitrogens with one attached hydrogen (secondary N) is 2. The van der Waals surface area contributed by atoms with E-state index in [2.05, 4.69) is 26.9 Å². The number of thioether (sulfide) groups is 1. The summed E-state index contributed by atoms with van der Waals surface area (Å²) in [5.41, 5.74) is 0.945. The fourth-order valence-corrected chi connectivity index (χ4v) is 1.89.